The van der Waals surface area contributed by atoms with E-state index in [2.05, 4.69) is 19.2 Å². The van der Waals surface area contributed by atoms with Gasteiger partial charge >= 0.3 is 0 Å². The molecule has 2 heterocycles. The summed E-state index contributed by atoms with van der Waals surface area (Å²) in [5.41, 5.74) is 0. The number of nitrogens with one attached hydrogen (secondary N) is 1. The van der Waals surface area contributed by atoms with Crippen LogP contribution in [0.15, 0.2) is 17.5 Å². The van der Waals surface area contributed by atoms with Crippen molar-refractivity contribution in [1.82, 2.24) is 5.32 Å². The van der Waals surface area contributed by atoms with E-state index in [4.69, 9.17) is 4.74 Å². The molecule has 4 unspecified atom stereocenters. The highest BCUT2D eigenvalue weighted by Gasteiger charge is 2.26. The molecule has 1 aliphatic heterocycles. The number of rotatable bonds is 5. The van der Waals surface area contributed by atoms with Crippen molar-refractivity contribution in [2.24, 2.45) is 0 Å². The standard InChI is InChI=1S/C13H21NO2S/c1-9(14-11-5-6-16-10(11)2)8-12(15)13-4-3-7-17-13/h3-4,7,9-12,14-15H,5-6,8H2,1-2H3. The Kier molecular flexibility index (Phi) is 4.56. The first-order chi connectivity index (χ1) is 8.16. The quantitative estimate of drug-likeness (QED) is 0.848. The predicted molar refractivity (Wildman–Crippen MR) is 70.3 cm³/mol. The van der Waals surface area contributed by atoms with E-state index in [0.717, 1.165) is 24.3 Å². The zero-order valence-electron chi connectivity index (χ0n) is 10.4. The van der Waals surface area contributed by atoms with E-state index in [9.17, 15) is 5.11 Å². The highest BCUT2D eigenvalue weighted by atomic mass is 32.1. The molecule has 1 fully saturated rings. The SMILES string of the molecule is CC(CC(O)c1cccs1)NC1CCOC1C. The third-order valence-electron chi connectivity index (χ3n) is 3.32. The van der Waals surface area contributed by atoms with Crippen LogP contribution in [0.3, 0.4) is 0 Å². The molecule has 1 aliphatic rings. The van der Waals surface area contributed by atoms with Crippen molar-refractivity contribution in [1.29, 1.82) is 0 Å². The van der Waals surface area contributed by atoms with Gasteiger partial charge in [-0.1, -0.05) is 6.07 Å². The van der Waals surface area contributed by atoms with Gasteiger partial charge in [-0.05, 0) is 38.1 Å². The van der Waals surface area contributed by atoms with Crippen molar-refractivity contribution in [2.75, 3.05) is 6.61 Å². The van der Waals surface area contributed by atoms with Crippen LogP contribution < -0.4 is 5.32 Å². The summed E-state index contributed by atoms with van der Waals surface area (Å²) >= 11 is 1.61. The molecule has 96 valence electrons. The minimum Gasteiger partial charge on any atom is -0.388 e. The van der Waals surface area contributed by atoms with Crippen LogP contribution in [0.2, 0.25) is 0 Å². The van der Waals surface area contributed by atoms with Gasteiger partial charge in [0.1, 0.15) is 0 Å². The maximum atomic E-state index is 10.1. The van der Waals surface area contributed by atoms with E-state index in [1.54, 1.807) is 11.3 Å². The Morgan fingerprint density at radius 3 is 3.06 bits per heavy atom. The largest absolute Gasteiger partial charge is 0.388 e. The fourth-order valence-corrected chi connectivity index (χ4v) is 3.04. The molecular weight excluding hydrogens is 234 g/mol. The number of aliphatic hydroxyl groups is 1. The smallest absolute Gasteiger partial charge is 0.0896 e. The molecule has 4 heteroatoms. The number of hydrogen-bond donors (Lipinski definition) is 2. The van der Waals surface area contributed by atoms with Crippen molar-refractivity contribution < 1.29 is 9.84 Å². The molecule has 3 nitrogen and oxygen atoms in total. The van der Waals surface area contributed by atoms with Gasteiger partial charge in [0.05, 0.1) is 12.2 Å². The van der Waals surface area contributed by atoms with Gasteiger partial charge in [0.2, 0.25) is 0 Å². The molecule has 1 saturated heterocycles. The average Bonchev–Trinajstić information content (AvgIpc) is 2.90. The molecule has 0 aliphatic carbocycles. The molecule has 17 heavy (non-hydrogen) atoms. The summed E-state index contributed by atoms with van der Waals surface area (Å²) < 4.78 is 5.52. The summed E-state index contributed by atoms with van der Waals surface area (Å²) in [5.74, 6) is 0. The Labute approximate surface area is 107 Å². The van der Waals surface area contributed by atoms with Crippen molar-refractivity contribution in [3.8, 4) is 0 Å². The second-order valence-corrected chi connectivity index (χ2v) is 5.78. The topological polar surface area (TPSA) is 41.5 Å². The van der Waals surface area contributed by atoms with Gasteiger partial charge in [0, 0.05) is 23.6 Å². The third kappa shape index (κ3) is 3.52. The number of hydrogen-bond acceptors (Lipinski definition) is 4. The fourth-order valence-electron chi connectivity index (χ4n) is 2.32. The summed E-state index contributed by atoms with van der Waals surface area (Å²) in [6, 6.07) is 4.71. The van der Waals surface area contributed by atoms with E-state index < -0.39 is 0 Å². The Morgan fingerprint density at radius 2 is 2.47 bits per heavy atom. The summed E-state index contributed by atoms with van der Waals surface area (Å²) in [7, 11) is 0. The average molecular weight is 255 g/mol. The van der Waals surface area contributed by atoms with E-state index >= 15 is 0 Å². The molecule has 0 amide bonds. The molecule has 1 aromatic rings. The van der Waals surface area contributed by atoms with Gasteiger partial charge in [-0.15, -0.1) is 11.3 Å². The van der Waals surface area contributed by atoms with Crippen molar-refractivity contribution in [3.05, 3.63) is 22.4 Å². The Morgan fingerprint density at radius 1 is 1.65 bits per heavy atom. The minimum atomic E-state index is -0.352. The van der Waals surface area contributed by atoms with Crippen LogP contribution in [0.25, 0.3) is 0 Å². The van der Waals surface area contributed by atoms with E-state index in [0.29, 0.717) is 12.1 Å². The van der Waals surface area contributed by atoms with Gasteiger partial charge in [-0.2, -0.15) is 0 Å². The van der Waals surface area contributed by atoms with Crippen molar-refractivity contribution in [3.63, 3.8) is 0 Å². The van der Waals surface area contributed by atoms with Crippen LogP contribution >= 0.6 is 11.3 Å². The second kappa shape index (κ2) is 5.96. The summed E-state index contributed by atoms with van der Waals surface area (Å²) in [6.45, 7) is 5.08. The molecule has 4 atom stereocenters. The van der Waals surface area contributed by atoms with Crippen LogP contribution in [-0.4, -0.2) is 29.9 Å². The van der Waals surface area contributed by atoms with Crippen LogP contribution in [0.1, 0.15) is 37.7 Å². The third-order valence-corrected chi connectivity index (χ3v) is 4.30. The van der Waals surface area contributed by atoms with Gasteiger partial charge in [0.25, 0.3) is 0 Å². The van der Waals surface area contributed by atoms with Crippen LogP contribution in [0, 0.1) is 0 Å². The number of aliphatic hydroxyl groups excluding tert-OH is 1. The maximum Gasteiger partial charge on any atom is 0.0896 e. The summed E-state index contributed by atoms with van der Waals surface area (Å²) in [6.07, 6.45) is 1.76. The van der Waals surface area contributed by atoms with E-state index in [1.807, 2.05) is 17.5 Å². The molecule has 1 aromatic heterocycles. The van der Waals surface area contributed by atoms with Crippen molar-refractivity contribution in [2.45, 2.75) is 51.0 Å². The minimum absolute atomic E-state index is 0.288. The fraction of sp³-hybridized carbons (Fsp3) is 0.692. The van der Waals surface area contributed by atoms with E-state index in [1.165, 1.54) is 0 Å². The Hall–Kier alpha value is -0.420. The maximum absolute atomic E-state index is 10.1. The lowest BCUT2D eigenvalue weighted by Gasteiger charge is -2.23. The number of thiophene rings is 1. The van der Waals surface area contributed by atoms with Crippen LogP contribution in [0.4, 0.5) is 0 Å². The number of ether oxygens (including phenoxy) is 1. The molecule has 0 spiro atoms. The van der Waals surface area contributed by atoms with Crippen LogP contribution in [-0.2, 0) is 4.74 Å². The molecule has 2 rings (SSSR count). The molecule has 2 N–H and O–H groups in total. The van der Waals surface area contributed by atoms with Gasteiger partial charge in [0.15, 0.2) is 0 Å². The molecule has 0 saturated carbocycles. The zero-order valence-corrected chi connectivity index (χ0v) is 11.2. The predicted octanol–water partition coefficient (Wildman–Crippen LogP) is 2.33. The second-order valence-electron chi connectivity index (χ2n) is 4.81. The molecule has 0 bridgehead atoms. The van der Waals surface area contributed by atoms with Crippen LogP contribution in [0.5, 0.6) is 0 Å². The summed E-state index contributed by atoms with van der Waals surface area (Å²) in [4.78, 5) is 1.05. The first-order valence-electron chi connectivity index (χ1n) is 6.26. The molecule has 0 radical (unpaired) electrons. The monoisotopic (exact) mass is 255 g/mol. The highest BCUT2D eigenvalue weighted by Crippen LogP contribution is 2.23. The lowest BCUT2D eigenvalue weighted by molar-refractivity contribution is 0.106. The highest BCUT2D eigenvalue weighted by molar-refractivity contribution is 7.10. The van der Waals surface area contributed by atoms with Gasteiger partial charge in [-0.3, -0.25) is 0 Å². The zero-order chi connectivity index (χ0) is 12.3. The first kappa shape index (κ1) is 13.0. The van der Waals surface area contributed by atoms with Crippen molar-refractivity contribution >= 4 is 11.3 Å². The molecular formula is C13H21NO2S. The normalized spacial score (nSPS) is 28.2. The summed E-state index contributed by atoms with van der Waals surface area (Å²) in [5, 5.41) is 15.6. The molecule has 0 aromatic carbocycles. The first-order valence-corrected chi connectivity index (χ1v) is 7.14. The van der Waals surface area contributed by atoms with E-state index in [-0.39, 0.29) is 12.2 Å². The lowest BCUT2D eigenvalue weighted by Crippen LogP contribution is -2.41. The Bertz CT molecular complexity index is 328. The Balaban J connectivity index is 1.79. The van der Waals surface area contributed by atoms with Gasteiger partial charge in [-0.25, -0.2) is 0 Å². The van der Waals surface area contributed by atoms with Gasteiger partial charge < -0.3 is 15.2 Å². The lowest BCUT2D eigenvalue weighted by atomic mass is 10.1.